The van der Waals surface area contributed by atoms with Gasteiger partial charge in [0.15, 0.2) is 11.3 Å². The third-order valence-corrected chi connectivity index (χ3v) is 7.19. The molecule has 0 spiro atoms. The number of carbonyl (C=O) groups is 2. The van der Waals surface area contributed by atoms with Gasteiger partial charge in [-0.1, -0.05) is 6.92 Å². The SMILES string of the molecule is CO[C@@]12CC[C@@H](NC(=O)C3(C)CC3)C[C@@H]1N(C(=O)c1cc3ncccn3n1)CC2. The zero-order valence-electron chi connectivity index (χ0n) is 16.9. The van der Waals surface area contributed by atoms with Crippen LogP contribution in [0.2, 0.25) is 0 Å². The molecular weight excluding hydrogens is 370 g/mol. The molecule has 1 N–H and O–H groups in total. The molecule has 2 aliphatic carbocycles. The topological polar surface area (TPSA) is 88.8 Å². The predicted octanol–water partition coefficient (Wildman–Crippen LogP) is 1.80. The molecule has 3 aliphatic rings. The third kappa shape index (κ3) is 3.01. The standard InChI is InChI=1S/C21H27N5O3/c1-20(6-7-20)19(28)23-14-4-5-21(29-2)8-11-25(16(21)12-14)18(27)15-13-17-22-9-3-10-26(17)24-15/h3,9-10,13-14,16H,4-8,11-12H2,1-2H3,(H,23,28)/t14-,16+,21-/m1/s1. The molecule has 8 heteroatoms. The van der Waals surface area contributed by atoms with Gasteiger partial charge in [-0.3, -0.25) is 9.59 Å². The molecule has 29 heavy (non-hydrogen) atoms. The summed E-state index contributed by atoms with van der Waals surface area (Å²) in [6.45, 7) is 2.66. The lowest BCUT2D eigenvalue weighted by molar-refractivity contribution is -0.127. The second-order valence-corrected chi connectivity index (χ2v) is 8.99. The van der Waals surface area contributed by atoms with Crippen LogP contribution in [0, 0.1) is 5.41 Å². The second kappa shape index (κ2) is 6.52. The van der Waals surface area contributed by atoms with Crippen molar-refractivity contribution >= 4 is 17.5 Å². The summed E-state index contributed by atoms with van der Waals surface area (Å²) < 4.78 is 7.58. The first-order valence-electron chi connectivity index (χ1n) is 10.4. The molecule has 2 saturated carbocycles. The van der Waals surface area contributed by atoms with Gasteiger partial charge < -0.3 is 15.0 Å². The number of ether oxygens (including phenoxy) is 1. The first kappa shape index (κ1) is 18.5. The lowest BCUT2D eigenvalue weighted by Crippen LogP contribution is -2.56. The minimum Gasteiger partial charge on any atom is -0.376 e. The Morgan fingerprint density at radius 2 is 2.10 bits per heavy atom. The molecular formula is C21H27N5O3. The molecule has 2 amide bonds. The van der Waals surface area contributed by atoms with Crippen LogP contribution in [0.25, 0.3) is 5.65 Å². The number of methoxy groups -OCH3 is 1. The van der Waals surface area contributed by atoms with Crippen molar-refractivity contribution in [1.82, 2.24) is 24.8 Å². The van der Waals surface area contributed by atoms with Gasteiger partial charge in [-0.25, -0.2) is 9.50 Å². The van der Waals surface area contributed by atoms with E-state index in [1.165, 1.54) is 0 Å². The Kier molecular flexibility index (Phi) is 4.17. The number of fused-ring (bicyclic) bond motifs is 2. The van der Waals surface area contributed by atoms with Crippen LogP contribution in [-0.2, 0) is 9.53 Å². The molecule has 1 saturated heterocycles. The fourth-order valence-corrected chi connectivity index (χ4v) is 4.93. The summed E-state index contributed by atoms with van der Waals surface area (Å²) in [5.74, 6) is 0.0512. The normalized spacial score (nSPS) is 30.2. The first-order chi connectivity index (χ1) is 13.9. The van der Waals surface area contributed by atoms with Gasteiger partial charge in [-0.15, -0.1) is 0 Å². The Hall–Kier alpha value is -2.48. The highest BCUT2D eigenvalue weighted by Crippen LogP contribution is 2.46. The summed E-state index contributed by atoms with van der Waals surface area (Å²) in [5, 5.41) is 7.64. The van der Waals surface area contributed by atoms with E-state index >= 15 is 0 Å². The van der Waals surface area contributed by atoms with E-state index in [1.54, 1.807) is 36.2 Å². The van der Waals surface area contributed by atoms with Crippen LogP contribution < -0.4 is 5.32 Å². The van der Waals surface area contributed by atoms with Crippen LogP contribution in [0.3, 0.4) is 0 Å². The summed E-state index contributed by atoms with van der Waals surface area (Å²) in [7, 11) is 1.74. The molecule has 1 aliphatic heterocycles. The molecule has 8 nitrogen and oxygen atoms in total. The molecule has 0 radical (unpaired) electrons. The fraction of sp³-hybridized carbons (Fsp3) is 0.619. The Balaban J connectivity index is 1.37. The minimum atomic E-state index is -0.336. The van der Waals surface area contributed by atoms with E-state index in [0.29, 0.717) is 24.3 Å². The van der Waals surface area contributed by atoms with Crippen molar-refractivity contribution in [3.63, 3.8) is 0 Å². The Morgan fingerprint density at radius 3 is 2.83 bits per heavy atom. The summed E-state index contributed by atoms with van der Waals surface area (Å²) in [6, 6.07) is 3.52. The Labute approximate surface area is 169 Å². The number of nitrogens with zero attached hydrogens (tertiary/aromatic N) is 4. The highest BCUT2D eigenvalue weighted by molar-refractivity contribution is 5.94. The van der Waals surface area contributed by atoms with Crippen molar-refractivity contribution in [1.29, 1.82) is 0 Å². The number of likely N-dealkylation sites (tertiary alicyclic amines) is 1. The number of rotatable bonds is 4. The largest absolute Gasteiger partial charge is 0.376 e. The van der Waals surface area contributed by atoms with Crippen LogP contribution in [0.1, 0.15) is 55.9 Å². The van der Waals surface area contributed by atoms with Crippen LogP contribution >= 0.6 is 0 Å². The fourth-order valence-electron chi connectivity index (χ4n) is 4.93. The van der Waals surface area contributed by atoms with Crippen molar-refractivity contribution in [2.75, 3.05) is 13.7 Å². The highest BCUT2D eigenvalue weighted by Gasteiger charge is 2.54. The summed E-state index contributed by atoms with van der Waals surface area (Å²) in [6.07, 6.45) is 8.64. The van der Waals surface area contributed by atoms with Crippen LogP contribution in [0.5, 0.6) is 0 Å². The smallest absolute Gasteiger partial charge is 0.274 e. The van der Waals surface area contributed by atoms with E-state index in [9.17, 15) is 9.59 Å². The van der Waals surface area contributed by atoms with Crippen molar-refractivity contribution in [3.05, 3.63) is 30.2 Å². The van der Waals surface area contributed by atoms with Gasteiger partial charge in [0.25, 0.3) is 5.91 Å². The molecule has 2 aromatic heterocycles. The molecule has 0 bridgehead atoms. The lowest BCUT2D eigenvalue weighted by atomic mass is 9.78. The molecule has 3 fully saturated rings. The summed E-state index contributed by atoms with van der Waals surface area (Å²) >= 11 is 0. The van der Waals surface area contributed by atoms with Crippen LogP contribution in [0.4, 0.5) is 0 Å². The first-order valence-corrected chi connectivity index (χ1v) is 10.4. The Bertz CT molecular complexity index is 935. The lowest BCUT2D eigenvalue weighted by Gasteiger charge is -2.43. The summed E-state index contributed by atoms with van der Waals surface area (Å²) in [5.41, 5.74) is 0.522. The molecule has 0 unspecified atom stereocenters. The highest BCUT2D eigenvalue weighted by atomic mass is 16.5. The van der Waals surface area contributed by atoms with Gasteiger partial charge in [0, 0.05) is 43.6 Å². The maximum Gasteiger partial charge on any atom is 0.274 e. The average molecular weight is 397 g/mol. The van der Waals surface area contributed by atoms with E-state index < -0.39 is 0 Å². The van der Waals surface area contributed by atoms with E-state index in [0.717, 1.165) is 32.1 Å². The average Bonchev–Trinajstić information content (AvgIpc) is 3.19. The van der Waals surface area contributed by atoms with Crippen LogP contribution in [0.15, 0.2) is 24.5 Å². The Morgan fingerprint density at radius 1 is 1.28 bits per heavy atom. The number of aromatic nitrogens is 3. The van der Waals surface area contributed by atoms with Gasteiger partial charge >= 0.3 is 0 Å². The number of hydrogen-bond donors (Lipinski definition) is 1. The molecule has 2 aromatic rings. The van der Waals surface area contributed by atoms with Gasteiger partial charge in [0.2, 0.25) is 5.91 Å². The van der Waals surface area contributed by atoms with E-state index in [-0.39, 0.29) is 34.9 Å². The number of nitrogens with one attached hydrogen (secondary N) is 1. The van der Waals surface area contributed by atoms with Crippen molar-refractivity contribution in [2.24, 2.45) is 5.41 Å². The quantitative estimate of drug-likeness (QED) is 0.850. The number of hydrogen-bond acceptors (Lipinski definition) is 5. The van der Waals surface area contributed by atoms with Crippen molar-refractivity contribution < 1.29 is 14.3 Å². The van der Waals surface area contributed by atoms with Gasteiger partial charge in [-0.05, 0) is 44.6 Å². The molecule has 3 heterocycles. The van der Waals surface area contributed by atoms with Gasteiger partial charge in [-0.2, -0.15) is 5.10 Å². The second-order valence-electron chi connectivity index (χ2n) is 8.99. The van der Waals surface area contributed by atoms with E-state index in [1.807, 2.05) is 11.8 Å². The molecule has 5 rings (SSSR count). The van der Waals surface area contributed by atoms with Crippen LogP contribution in [-0.4, -0.2) is 62.7 Å². The van der Waals surface area contributed by atoms with Crippen molar-refractivity contribution in [3.8, 4) is 0 Å². The monoisotopic (exact) mass is 397 g/mol. The van der Waals surface area contributed by atoms with Gasteiger partial charge in [0.05, 0.1) is 11.6 Å². The minimum absolute atomic E-state index is 0.0659. The van der Waals surface area contributed by atoms with Gasteiger partial charge in [0.1, 0.15) is 0 Å². The zero-order chi connectivity index (χ0) is 20.2. The maximum absolute atomic E-state index is 13.3. The number of carbonyl (C=O) groups excluding carboxylic acids is 2. The van der Waals surface area contributed by atoms with E-state index in [2.05, 4.69) is 15.4 Å². The number of amides is 2. The molecule has 0 aromatic carbocycles. The zero-order valence-corrected chi connectivity index (χ0v) is 16.9. The predicted molar refractivity (Wildman–Crippen MR) is 105 cm³/mol. The molecule has 154 valence electrons. The third-order valence-electron chi connectivity index (χ3n) is 7.19. The van der Waals surface area contributed by atoms with E-state index in [4.69, 9.17) is 4.74 Å². The molecule has 3 atom stereocenters. The summed E-state index contributed by atoms with van der Waals surface area (Å²) in [4.78, 5) is 32.0. The maximum atomic E-state index is 13.3. The van der Waals surface area contributed by atoms with Crippen molar-refractivity contribution in [2.45, 2.75) is 63.1 Å².